The maximum absolute atomic E-state index is 13.8. The van der Waals surface area contributed by atoms with E-state index in [1.54, 1.807) is 12.3 Å². The standard InChI is InChI=1S/C12H10FN3O2S/c13-12-8(2-1-3-10(12)16(17)18)7-19-11-4-5-15-6-9(11)14/h1-6H,7,14H2. The largest absolute Gasteiger partial charge is 0.397 e. The van der Waals surface area contributed by atoms with E-state index in [1.165, 1.54) is 30.1 Å². The van der Waals surface area contributed by atoms with Crippen LogP contribution in [-0.4, -0.2) is 9.91 Å². The van der Waals surface area contributed by atoms with Crippen LogP contribution in [0.4, 0.5) is 15.8 Å². The normalized spacial score (nSPS) is 10.4. The molecule has 1 aromatic carbocycles. The highest BCUT2D eigenvalue weighted by molar-refractivity contribution is 7.98. The number of pyridine rings is 1. The van der Waals surface area contributed by atoms with Gasteiger partial charge >= 0.3 is 5.69 Å². The number of hydrogen-bond acceptors (Lipinski definition) is 5. The Kier molecular flexibility index (Phi) is 3.96. The zero-order chi connectivity index (χ0) is 13.8. The van der Waals surface area contributed by atoms with Gasteiger partial charge in [-0.15, -0.1) is 11.8 Å². The summed E-state index contributed by atoms with van der Waals surface area (Å²) in [6, 6.07) is 5.85. The van der Waals surface area contributed by atoms with E-state index < -0.39 is 16.4 Å². The van der Waals surface area contributed by atoms with Crippen molar-refractivity contribution >= 4 is 23.1 Å². The molecule has 0 saturated heterocycles. The summed E-state index contributed by atoms with van der Waals surface area (Å²) in [6.45, 7) is 0. The Labute approximate surface area is 112 Å². The van der Waals surface area contributed by atoms with Crippen molar-refractivity contribution in [2.75, 3.05) is 5.73 Å². The second kappa shape index (κ2) is 5.66. The second-order valence-corrected chi connectivity index (χ2v) is 4.73. The molecule has 0 bridgehead atoms. The van der Waals surface area contributed by atoms with Crippen LogP contribution in [0.1, 0.15) is 5.56 Å². The fourth-order valence-corrected chi connectivity index (χ4v) is 2.41. The minimum atomic E-state index is -0.798. The van der Waals surface area contributed by atoms with Crippen LogP contribution in [0, 0.1) is 15.9 Å². The Morgan fingerprint density at radius 3 is 2.89 bits per heavy atom. The fraction of sp³-hybridized carbons (Fsp3) is 0.0833. The van der Waals surface area contributed by atoms with Crippen molar-refractivity contribution in [3.8, 4) is 0 Å². The zero-order valence-electron chi connectivity index (χ0n) is 9.75. The van der Waals surface area contributed by atoms with E-state index >= 15 is 0 Å². The lowest BCUT2D eigenvalue weighted by atomic mass is 10.2. The van der Waals surface area contributed by atoms with Crippen molar-refractivity contribution in [3.63, 3.8) is 0 Å². The minimum Gasteiger partial charge on any atom is -0.397 e. The first-order chi connectivity index (χ1) is 9.09. The number of hydrogen-bond donors (Lipinski definition) is 1. The number of rotatable bonds is 4. The van der Waals surface area contributed by atoms with Crippen molar-refractivity contribution in [1.29, 1.82) is 0 Å². The Morgan fingerprint density at radius 1 is 1.42 bits per heavy atom. The monoisotopic (exact) mass is 279 g/mol. The van der Waals surface area contributed by atoms with Gasteiger partial charge in [0, 0.05) is 28.5 Å². The molecule has 0 atom stereocenters. The zero-order valence-corrected chi connectivity index (χ0v) is 10.6. The third kappa shape index (κ3) is 3.00. The average Bonchev–Trinajstić information content (AvgIpc) is 2.39. The number of nitrogen functional groups attached to an aromatic ring is 1. The third-order valence-corrected chi connectivity index (χ3v) is 3.59. The van der Waals surface area contributed by atoms with Gasteiger partial charge in [0.2, 0.25) is 5.82 Å². The third-order valence-electron chi connectivity index (χ3n) is 2.45. The summed E-state index contributed by atoms with van der Waals surface area (Å²) in [5.74, 6) is -0.533. The molecule has 0 amide bonds. The number of aromatic nitrogens is 1. The number of nitrogens with zero attached hydrogens (tertiary/aromatic N) is 2. The van der Waals surface area contributed by atoms with Gasteiger partial charge in [-0.2, -0.15) is 4.39 Å². The second-order valence-electron chi connectivity index (χ2n) is 3.71. The van der Waals surface area contributed by atoms with E-state index in [0.29, 0.717) is 5.69 Å². The van der Waals surface area contributed by atoms with Gasteiger partial charge in [0.25, 0.3) is 0 Å². The van der Waals surface area contributed by atoms with Crippen LogP contribution in [0.2, 0.25) is 0 Å². The van der Waals surface area contributed by atoms with Gasteiger partial charge in [0.1, 0.15) is 0 Å². The number of nitrogens with two attached hydrogens (primary N) is 1. The quantitative estimate of drug-likeness (QED) is 0.528. The summed E-state index contributed by atoms with van der Waals surface area (Å²) in [5, 5.41) is 10.6. The Hall–Kier alpha value is -2.15. The topological polar surface area (TPSA) is 82.0 Å². The molecular weight excluding hydrogens is 269 g/mol. The predicted molar refractivity (Wildman–Crippen MR) is 71.3 cm³/mol. The molecule has 0 saturated carbocycles. The molecule has 0 fully saturated rings. The lowest BCUT2D eigenvalue weighted by molar-refractivity contribution is -0.387. The van der Waals surface area contributed by atoms with Crippen LogP contribution in [0.3, 0.4) is 0 Å². The van der Waals surface area contributed by atoms with Gasteiger partial charge in [0.15, 0.2) is 0 Å². The van der Waals surface area contributed by atoms with Crippen molar-refractivity contribution < 1.29 is 9.31 Å². The Balaban J connectivity index is 2.19. The summed E-state index contributed by atoms with van der Waals surface area (Å²) >= 11 is 1.31. The van der Waals surface area contributed by atoms with Crippen LogP contribution in [0.15, 0.2) is 41.6 Å². The Bertz CT molecular complexity index is 622. The molecule has 0 aliphatic carbocycles. The van der Waals surface area contributed by atoms with E-state index in [4.69, 9.17) is 5.73 Å². The molecule has 5 nitrogen and oxygen atoms in total. The minimum absolute atomic E-state index is 0.266. The SMILES string of the molecule is Nc1cnccc1SCc1cccc([N+](=O)[O-])c1F. The molecular formula is C12H10FN3O2S. The smallest absolute Gasteiger partial charge is 0.305 e. The number of nitro benzene ring substituents is 1. The summed E-state index contributed by atoms with van der Waals surface area (Å²) in [6.07, 6.45) is 3.09. The molecule has 0 aliphatic heterocycles. The summed E-state index contributed by atoms with van der Waals surface area (Å²) in [7, 11) is 0. The maximum atomic E-state index is 13.8. The molecule has 0 aliphatic rings. The average molecular weight is 279 g/mol. The predicted octanol–water partition coefficient (Wildman–Crippen LogP) is 3.00. The van der Waals surface area contributed by atoms with Crippen molar-refractivity contribution in [3.05, 3.63) is 58.2 Å². The van der Waals surface area contributed by atoms with E-state index in [-0.39, 0.29) is 11.3 Å². The van der Waals surface area contributed by atoms with E-state index in [1.807, 2.05) is 0 Å². The number of halogens is 1. The first-order valence-electron chi connectivity index (χ1n) is 5.33. The van der Waals surface area contributed by atoms with Gasteiger partial charge in [-0.25, -0.2) is 0 Å². The lowest BCUT2D eigenvalue weighted by Gasteiger charge is -2.05. The van der Waals surface area contributed by atoms with Crippen LogP contribution < -0.4 is 5.73 Å². The van der Waals surface area contributed by atoms with Crippen molar-refractivity contribution in [2.24, 2.45) is 0 Å². The van der Waals surface area contributed by atoms with Crippen LogP contribution in [0.25, 0.3) is 0 Å². The molecule has 7 heteroatoms. The molecule has 2 rings (SSSR count). The summed E-state index contributed by atoms with van der Waals surface area (Å²) in [4.78, 5) is 14.5. The van der Waals surface area contributed by atoms with E-state index in [9.17, 15) is 14.5 Å². The van der Waals surface area contributed by atoms with Crippen LogP contribution in [0.5, 0.6) is 0 Å². The molecule has 98 valence electrons. The van der Waals surface area contributed by atoms with Crippen LogP contribution in [-0.2, 0) is 5.75 Å². The summed E-state index contributed by atoms with van der Waals surface area (Å²) < 4.78 is 13.8. The van der Waals surface area contributed by atoms with E-state index in [0.717, 1.165) is 11.0 Å². The number of anilines is 1. The van der Waals surface area contributed by atoms with Crippen LogP contribution >= 0.6 is 11.8 Å². The van der Waals surface area contributed by atoms with Gasteiger partial charge in [-0.05, 0) is 6.07 Å². The van der Waals surface area contributed by atoms with Crippen molar-refractivity contribution in [1.82, 2.24) is 4.98 Å². The first-order valence-corrected chi connectivity index (χ1v) is 6.32. The van der Waals surface area contributed by atoms with Gasteiger partial charge in [0.05, 0.1) is 16.8 Å². The van der Waals surface area contributed by atoms with Gasteiger partial charge < -0.3 is 5.73 Å². The summed E-state index contributed by atoms with van der Waals surface area (Å²) in [5.41, 5.74) is 5.97. The molecule has 1 heterocycles. The molecule has 0 spiro atoms. The molecule has 0 radical (unpaired) electrons. The van der Waals surface area contributed by atoms with Gasteiger partial charge in [-0.3, -0.25) is 15.1 Å². The van der Waals surface area contributed by atoms with E-state index in [2.05, 4.69) is 4.98 Å². The van der Waals surface area contributed by atoms with Gasteiger partial charge in [-0.1, -0.05) is 12.1 Å². The Morgan fingerprint density at radius 2 is 2.21 bits per heavy atom. The number of nitro groups is 1. The molecule has 1 aromatic heterocycles. The first kappa shape index (κ1) is 13.3. The molecule has 2 N–H and O–H groups in total. The maximum Gasteiger partial charge on any atom is 0.305 e. The number of thioether (sulfide) groups is 1. The molecule has 19 heavy (non-hydrogen) atoms. The number of benzene rings is 1. The van der Waals surface area contributed by atoms with Crippen molar-refractivity contribution in [2.45, 2.75) is 10.6 Å². The molecule has 2 aromatic rings. The fourth-order valence-electron chi connectivity index (χ4n) is 1.50. The highest BCUT2D eigenvalue weighted by atomic mass is 32.2. The lowest BCUT2D eigenvalue weighted by Crippen LogP contribution is -1.97. The highest BCUT2D eigenvalue weighted by Crippen LogP contribution is 2.30. The molecule has 0 unspecified atom stereocenters. The highest BCUT2D eigenvalue weighted by Gasteiger charge is 2.17.